The molecule has 5 nitrogen and oxygen atoms in total. The van der Waals surface area contributed by atoms with Gasteiger partial charge >= 0.3 is 5.97 Å². The Labute approximate surface area is 128 Å². The Morgan fingerprint density at radius 1 is 1.40 bits per heavy atom. The van der Waals surface area contributed by atoms with Crippen molar-refractivity contribution in [2.75, 3.05) is 7.05 Å². The minimum atomic E-state index is -1.15. The van der Waals surface area contributed by atoms with Crippen LogP contribution in [0.25, 0.3) is 0 Å². The SMILES string of the molecule is CN(Cc1csc(Br)c1)C(=O)c1cccc(C(=O)O)n1. The second kappa shape index (κ2) is 6.15. The average Bonchev–Trinajstić information content (AvgIpc) is 2.83. The fraction of sp³-hybridized carbons (Fsp3) is 0.154. The van der Waals surface area contributed by atoms with Crippen molar-refractivity contribution in [2.24, 2.45) is 0 Å². The lowest BCUT2D eigenvalue weighted by molar-refractivity contribution is 0.0690. The number of pyridine rings is 1. The lowest BCUT2D eigenvalue weighted by Crippen LogP contribution is -2.27. The molecule has 1 amide bonds. The largest absolute Gasteiger partial charge is 0.477 e. The maximum atomic E-state index is 12.2. The van der Waals surface area contributed by atoms with Crippen LogP contribution >= 0.6 is 27.3 Å². The summed E-state index contributed by atoms with van der Waals surface area (Å²) in [5, 5.41) is 10.8. The van der Waals surface area contributed by atoms with Crippen LogP contribution in [0, 0.1) is 0 Å². The molecule has 0 spiro atoms. The zero-order chi connectivity index (χ0) is 14.7. The van der Waals surface area contributed by atoms with Gasteiger partial charge in [0.05, 0.1) is 3.79 Å². The third-order valence-electron chi connectivity index (χ3n) is 2.58. The topological polar surface area (TPSA) is 70.5 Å². The lowest BCUT2D eigenvalue weighted by Gasteiger charge is -2.16. The number of hydrogen-bond donors (Lipinski definition) is 1. The van der Waals surface area contributed by atoms with E-state index in [1.165, 1.54) is 23.1 Å². The van der Waals surface area contributed by atoms with Crippen molar-refractivity contribution >= 4 is 39.1 Å². The number of aromatic carboxylic acids is 1. The number of nitrogens with zero attached hydrogens (tertiary/aromatic N) is 2. The summed E-state index contributed by atoms with van der Waals surface area (Å²) in [6, 6.07) is 6.32. The molecule has 1 N–H and O–H groups in total. The first-order valence-corrected chi connectivity index (χ1v) is 7.33. The molecule has 0 aliphatic heterocycles. The molecule has 2 aromatic rings. The Balaban J connectivity index is 2.14. The first kappa shape index (κ1) is 14.7. The summed E-state index contributed by atoms with van der Waals surface area (Å²) in [6.07, 6.45) is 0. The number of aromatic nitrogens is 1. The molecule has 2 heterocycles. The van der Waals surface area contributed by atoms with Crippen LogP contribution in [-0.2, 0) is 6.54 Å². The second-order valence-electron chi connectivity index (χ2n) is 4.13. The summed E-state index contributed by atoms with van der Waals surface area (Å²) in [5.74, 6) is -1.46. The molecule has 0 saturated heterocycles. The summed E-state index contributed by atoms with van der Waals surface area (Å²) < 4.78 is 0.999. The van der Waals surface area contributed by atoms with Crippen molar-refractivity contribution in [1.82, 2.24) is 9.88 Å². The second-order valence-corrected chi connectivity index (χ2v) is 6.42. The van der Waals surface area contributed by atoms with Gasteiger partial charge in [-0.3, -0.25) is 4.79 Å². The summed E-state index contributed by atoms with van der Waals surface area (Å²) >= 11 is 4.91. The molecule has 0 atom stereocenters. The van der Waals surface area contributed by atoms with Gasteiger partial charge in [0.25, 0.3) is 5.91 Å². The van der Waals surface area contributed by atoms with Crippen LogP contribution in [0.4, 0.5) is 0 Å². The molecule has 20 heavy (non-hydrogen) atoms. The minimum Gasteiger partial charge on any atom is -0.477 e. The Morgan fingerprint density at radius 3 is 2.70 bits per heavy atom. The van der Waals surface area contributed by atoms with Gasteiger partial charge in [0.2, 0.25) is 0 Å². The molecule has 0 unspecified atom stereocenters. The standard InChI is InChI=1S/C13H11BrN2O3S/c1-16(6-8-5-11(14)20-7-8)12(17)9-3-2-4-10(15-9)13(18)19/h2-5,7H,6H2,1H3,(H,18,19). The summed E-state index contributed by atoms with van der Waals surface area (Å²) in [4.78, 5) is 28.4. The van der Waals surface area contributed by atoms with Crippen molar-refractivity contribution in [3.05, 3.63) is 50.4 Å². The van der Waals surface area contributed by atoms with Crippen LogP contribution in [-0.4, -0.2) is 33.9 Å². The van der Waals surface area contributed by atoms with E-state index in [1.54, 1.807) is 18.4 Å². The number of thiophene rings is 1. The predicted molar refractivity (Wildman–Crippen MR) is 79.0 cm³/mol. The van der Waals surface area contributed by atoms with E-state index in [4.69, 9.17) is 5.11 Å². The highest BCUT2D eigenvalue weighted by atomic mass is 79.9. The molecule has 0 aliphatic rings. The highest BCUT2D eigenvalue weighted by molar-refractivity contribution is 9.11. The molecule has 2 aromatic heterocycles. The van der Waals surface area contributed by atoms with Gasteiger partial charge in [0.1, 0.15) is 11.4 Å². The Kier molecular flexibility index (Phi) is 4.51. The fourth-order valence-corrected chi connectivity index (χ4v) is 2.84. The number of carbonyl (C=O) groups excluding carboxylic acids is 1. The Bertz CT molecular complexity index is 657. The number of rotatable bonds is 4. The number of hydrogen-bond acceptors (Lipinski definition) is 4. The molecule has 0 saturated carbocycles. The van der Waals surface area contributed by atoms with Crippen LogP contribution in [0.15, 0.2) is 33.4 Å². The molecule has 104 valence electrons. The zero-order valence-electron chi connectivity index (χ0n) is 10.5. The van der Waals surface area contributed by atoms with Crippen molar-refractivity contribution in [1.29, 1.82) is 0 Å². The highest BCUT2D eigenvalue weighted by Gasteiger charge is 2.16. The van der Waals surface area contributed by atoms with Crippen molar-refractivity contribution < 1.29 is 14.7 Å². The fourth-order valence-electron chi connectivity index (χ4n) is 1.64. The van der Waals surface area contributed by atoms with Gasteiger partial charge < -0.3 is 10.0 Å². The molecular weight excluding hydrogens is 344 g/mol. The van der Waals surface area contributed by atoms with E-state index in [9.17, 15) is 9.59 Å². The number of carboxylic acids is 1. The van der Waals surface area contributed by atoms with Gasteiger partial charge in [-0.2, -0.15) is 0 Å². The summed E-state index contributed by atoms with van der Waals surface area (Å²) in [7, 11) is 1.66. The Hall–Kier alpha value is -1.73. The van der Waals surface area contributed by atoms with Crippen LogP contribution in [0.1, 0.15) is 26.5 Å². The van der Waals surface area contributed by atoms with Gasteiger partial charge in [-0.1, -0.05) is 6.07 Å². The number of carboxylic acid groups (broad SMARTS) is 1. The molecule has 0 radical (unpaired) electrons. The molecule has 0 aromatic carbocycles. The maximum Gasteiger partial charge on any atom is 0.354 e. The Morgan fingerprint density at radius 2 is 2.10 bits per heavy atom. The molecule has 2 rings (SSSR count). The lowest BCUT2D eigenvalue weighted by atomic mass is 10.2. The van der Waals surface area contributed by atoms with E-state index in [-0.39, 0.29) is 17.3 Å². The number of halogens is 1. The van der Waals surface area contributed by atoms with Crippen LogP contribution in [0.5, 0.6) is 0 Å². The molecular formula is C13H11BrN2O3S. The predicted octanol–water partition coefficient (Wildman–Crippen LogP) is 2.88. The van der Waals surface area contributed by atoms with Gasteiger partial charge in [-0.05, 0) is 45.1 Å². The maximum absolute atomic E-state index is 12.2. The van der Waals surface area contributed by atoms with Gasteiger partial charge in [0.15, 0.2) is 0 Å². The summed E-state index contributed by atoms with van der Waals surface area (Å²) in [5.41, 5.74) is 0.997. The molecule has 0 fully saturated rings. The molecule has 0 bridgehead atoms. The molecule has 0 aliphatic carbocycles. The molecule has 7 heteroatoms. The van der Waals surface area contributed by atoms with Gasteiger partial charge in [-0.25, -0.2) is 9.78 Å². The first-order chi connectivity index (χ1) is 9.47. The monoisotopic (exact) mass is 354 g/mol. The summed E-state index contributed by atoms with van der Waals surface area (Å²) in [6.45, 7) is 0.444. The quantitative estimate of drug-likeness (QED) is 0.916. The van der Waals surface area contributed by atoms with Gasteiger partial charge in [-0.15, -0.1) is 11.3 Å². The van der Waals surface area contributed by atoms with E-state index >= 15 is 0 Å². The number of amides is 1. The number of carbonyl (C=O) groups is 2. The van der Waals surface area contributed by atoms with E-state index < -0.39 is 5.97 Å². The van der Waals surface area contributed by atoms with Crippen LogP contribution in [0.2, 0.25) is 0 Å². The van der Waals surface area contributed by atoms with E-state index in [1.807, 2.05) is 11.4 Å². The van der Waals surface area contributed by atoms with Crippen molar-refractivity contribution in [3.8, 4) is 0 Å². The van der Waals surface area contributed by atoms with Crippen molar-refractivity contribution in [2.45, 2.75) is 6.54 Å². The van der Waals surface area contributed by atoms with Crippen molar-refractivity contribution in [3.63, 3.8) is 0 Å². The minimum absolute atomic E-state index is 0.127. The van der Waals surface area contributed by atoms with E-state index in [0.29, 0.717) is 6.54 Å². The van der Waals surface area contributed by atoms with E-state index in [2.05, 4.69) is 20.9 Å². The highest BCUT2D eigenvalue weighted by Crippen LogP contribution is 2.21. The smallest absolute Gasteiger partial charge is 0.354 e. The average molecular weight is 355 g/mol. The zero-order valence-corrected chi connectivity index (χ0v) is 12.9. The van der Waals surface area contributed by atoms with E-state index in [0.717, 1.165) is 9.35 Å². The third kappa shape index (κ3) is 3.43. The van der Waals surface area contributed by atoms with Gasteiger partial charge in [0, 0.05) is 13.6 Å². The first-order valence-electron chi connectivity index (χ1n) is 5.66. The third-order valence-corrected chi connectivity index (χ3v) is 4.13. The normalized spacial score (nSPS) is 10.3. The van der Waals surface area contributed by atoms with Crippen LogP contribution in [0.3, 0.4) is 0 Å². The van der Waals surface area contributed by atoms with Crippen LogP contribution < -0.4 is 0 Å².